The molecule has 8 heteroatoms. The lowest BCUT2D eigenvalue weighted by Gasteiger charge is -2.02. The maximum atomic E-state index is 13.2. The van der Waals surface area contributed by atoms with Crippen molar-refractivity contribution in [2.75, 3.05) is 5.73 Å². The average molecular weight is 289 g/mol. The molecular weight excluding hydrogens is 280 g/mol. The molecule has 0 spiro atoms. The van der Waals surface area contributed by atoms with Crippen LogP contribution in [0.3, 0.4) is 0 Å². The predicted molar refractivity (Wildman–Crippen MR) is 71.3 cm³/mol. The van der Waals surface area contributed by atoms with Crippen LogP contribution in [0, 0.1) is 11.9 Å². The van der Waals surface area contributed by atoms with Gasteiger partial charge in [0.25, 0.3) is 5.91 Å². The summed E-state index contributed by atoms with van der Waals surface area (Å²) in [5.74, 6) is -2.57. The van der Waals surface area contributed by atoms with Crippen LogP contribution in [0.1, 0.15) is 10.4 Å². The molecule has 1 amide bonds. The van der Waals surface area contributed by atoms with E-state index < -0.39 is 17.8 Å². The van der Waals surface area contributed by atoms with Gasteiger partial charge in [-0.2, -0.15) is 18.9 Å². The van der Waals surface area contributed by atoms with Crippen molar-refractivity contribution in [3.63, 3.8) is 0 Å². The number of anilines is 1. The number of aromatic nitrogens is 3. The standard InChI is InChI=1S/C13H9F2N5O/c14-10-2-6(3-11(15)19-10)7-1-9-12(16)8(13(17)21)4-18-20(9)5-7/h1-5H,16H2,(H2,17,21). The van der Waals surface area contributed by atoms with Crippen molar-refractivity contribution in [2.45, 2.75) is 0 Å². The zero-order chi connectivity index (χ0) is 15.1. The normalized spacial score (nSPS) is 11.0. The molecule has 0 aromatic carbocycles. The van der Waals surface area contributed by atoms with Crippen molar-refractivity contribution in [2.24, 2.45) is 5.73 Å². The van der Waals surface area contributed by atoms with Crippen LogP contribution in [0.15, 0.2) is 30.6 Å². The number of pyridine rings is 1. The van der Waals surface area contributed by atoms with E-state index in [1.54, 1.807) is 6.07 Å². The SMILES string of the molecule is NC(=O)c1cnn2cc(-c3cc(F)nc(F)c3)cc2c1N. The van der Waals surface area contributed by atoms with Gasteiger partial charge in [0, 0.05) is 23.9 Å². The van der Waals surface area contributed by atoms with Crippen LogP contribution in [0.2, 0.25) is 0 Å². The number of primary amides is 1. The second kappa shape index (κ2) is 4.51. The summed E-state index contributed by atoms with van der Waals surface area (Å²) in [6.07, 6.45) is 2.77. The van der Waals surface area contributed by atoms with E-state index in [0.717, 1.165) is 12.1 Å². The number of halogens is 2. The van der Waals surface area contributed by atoms with Gasteiger partial charge < -0.3 is 11.5 Å². The van der Waals surface area contributed by atoms with Gasteiger partial charge in [0.05, 0.1) is 23.0 Å². The van der Waals surface area contributed by atoms with Crippen molar-refractivity contribution < 1.29 is 13.6 Å². The monoisotopic (exact) mass is 289 g/mol. The maximum absolute atomic E-state index is 13.2. The molecule has 3 aromatic rings. The van der Waals surface area contributed by atoms with E-state index in [-0.39, 0.29) is 16.8 Å². The summed E-state index contributed by atoms with van der Waals surface area (Å²) >= 11 is 0. The third-order valence-corrected chi connectivity index (χ3v) is 3.04. The number of carbonyl (C=O) groups is 1. The fourth-order valence-corrected chi connectivity index (χ4v) is 2.06. The molecule has 0 fully saturated rings. The van der Waals surface area contributed by atoms with E-state index >= 15 is 0 Å². The number of hydrogen-bond acceptors (Lipinski definition) is 4. The summed E-state index contributed by atoms with van der Waals surface area (Å²) in [7, 11) is 0. The van der Waals surface area contributed by atoms with Crippen LogP contribution in [-0.4, -0.2) is 20.5 Å². The number of carbonyl (C=O) groups excluding carboxylic acids is 1. The van der Waals surface area contributed by atoms with E-state index in [4.69, 9.17) is 11.5 Å². The van der Waals surface area contributed by atoms with Crippen LogP contribution in [0.4, 0.5) is 14.5 Å². The maximum Gasteiger partial charge on any atom is 0.252 e. The minimum Gasteiger partial charge on any atom is -0.396 e. The number of hydrogen-bond donors (Lipinski definition) is 2. The summed E-state index contributed by atoms with van der Waals surface area (Å²) in [5, 5.41) is 3.99. The third-order valence-electron chi connectivity index (χ3n) is 3.04. The molecule has 0 radical (unpaired) electrons. The van der Waals surface area contributed by atoms with Gasteiger partial charge in [0.2, 0.25) is 11.9 Å². The Hall–Kier alpha value is -3.03. The van der Waals surface area contributed by atoms with Crippen LogP contribution in [0.5, 0.6) is 0 Å². The minimum absolute atomic E-state index is 0.0826. The van der Waals surface area contributed by atoms with Crippen LogP contribution in [0.25, 0.3) is 16.6 Å². The van der Waals surface area contributed by atoms with Gasteiger partial charge in [0.1, 0.15) is 0 Å². The second-order valence-electron chi connectivity index (χ2n) is 4.40. The number of nitrogens with two attached hydrogens (primary N) is 2. The van der Waals surface area contributed by atoms with Gasteiger partial charge >= 0.3 is 0 Å². The van der Waals surface area contributed by atoms with Crippen molar-refractivity contribution in [1.82, 2.24) is 14.6 Å². The van der Waals surface area contributed by atoms with Crippen molar-refractivity contribution in [3.05, 3.63) is 48.1 Å². The number of amides is 1. The molecule has 0 bridgehead atoms. The smallest absolute Gasteiger partial charge is 0.252 e. The summed E-state index contributed by atoms with van der Waals surface area (Å²) in [4.78, 5) is 14.2. The Morgan fingerprint density at radius 2 is 1.81 bits per heavy atom. The second-order valence-corrected chi connectivity index (χ2v) is 4.40. The Balaban J connectivity index is 2.21. The lowest BCUT2D eigenvalue weighted by Crippen LogP contribution is -2.15. The summed E-state index contributed by atoms with van der Waals surface area (Å²) < 4.78 is 27.7. The fourth-order valence-electron chi connectivity index (χ4n) is 2.06. The molecule has 0 aliphatic heterocycles. The molecule has 3 rings (SSSR count). The zero-order valence-corrected chi connectivity index (χ0v) is 10.5. The van der Waals surface area contributed by atoms with E-state index in [9.17, 15) is 13.6 Å². The molecule has 6 nitrogen and oxygen atoms in total. The highest BCUT2D eigenvalue weighted by Gasteiger charge is 2.13. The summed E-state index contributed by atoms with van der Waals surface area (Å²) in [6.45, 7) is 0. The minimum atomic E-state index is -0.931. The van der Waals surface area contributed by atoms with Crippen LogP contribution >= 0.6 is 0 Å². The van der Waals surface area contributed by atoms with E-state index in [1.807, 2.05) is 0 Å². The number of nitrogens with zero attached hydrogens (tertiary/aromatic N) is 3. The van der Waals surface area contributed by atoms with Crippen LogP contribution in [-0.2, 0) is 0 Å². The highest BCUT2D eigenvalue weighted by atomic mass is 19.1. The molecule has 0 saturated heterocycles. The molecule has 21 heavy (non-hydrogen) atoms. The van der Waals surface area contributed by atoms with E-state index in [2.05, 4.69) is 10.1 Å². The third kappa shape index (κ3) is 2.16. The van der Waals surface area contributed by atoms with Crippen LogP contribution < -0.4 is 11.5 Å². The highest BCUT2D eigenvalue weighted by molar-refractivity contribution is 6.01. The van der Waals surface area contributed by atoms with Crippen molar-refractivity contribution >= 4 is 17.1 Å². The van der Waals surface area contributed by atoms with Crippen molar-refractivity contribution in [1.29, 1.82) is 0 Å². The number of nitrogen functional groups attached to an aromatic ring is 1. The molecule has 3 heterocycles. The molecule has 0 atom stereocenters. The quantitative estimate of drug-likeness (QED) is 0.696. The molecule has 106 valence electrons. The largest absolute Gasteiger partial charge is 0.396 e. The molecule has 4 N–H and O–H groups in total. The molecule has 0 saturated carbocycles. The van der Waals surface area contributed by atoms with Gasteiger partial charge in [-0.1, -0.05) is 0 Å². The van der Waals surface area contributed by atoms with E-state index in [1.165, 1.54) is 16.9 Å². The average Bonchev–Trinajstić information content (AvgIpc) is 2.82. The Kier molecular flexibility index (Phi) is 2.79. The first-order valence-corrected chi connectivity index (χ1v) is 5.86. The van der Waals surface area contributed by atoms with E-state index in [0.29, 0.717) is 11.1 Å². The van der Waals surface area contributed by atoms with Gasteiger partial charge in [-0.05, 0) is 11.6 Å². The molecule has 3 aromatic heterocycles. The Morgan fingerprint density at radius 3 is 2.43 bits per heavy atom. The Bertz CT molecular complexity index is 854. The van der Waals surface area contributed by atoms with Gasteiger partial charge in [0.15, 0.2) is 0 Å². The molecular formula is C13H9F2N5O. The lowest BCUT2D eigenvalue weighted by atomic mass is 10.1. The molecule has 0 aliphatic carbocycles. The number of rotatable bonds is 2. The fraction of sp³-hybridized carbons (Fsp3) is 0. The Labute approximate surface area is 117 Å². The lowest BCUT2D eigenvalue weighted by molar-refractivity contribution is 0.100. The first-order chi connectivity index (χ1) is 9.95. The first kappa shape index (κ1) is 13.0. The number of fused-ring (bicyclic) bond motifs is 1. The summed E-state index contributed by atoms with van der Waals surface area (Å²) in [6, 6.07) is 3.73. The molecule has 0 aliphatic rings. The topological polar surface area (TPSA) is 99.3 Å². The molecule has 0 unspecified atom stereocenters. The van der Waals surface area contributed by atoms with Gasteiger partial charge in [-0.3, -0.25) is 4.79 Å². The zero-order valence-electron chi connectivity index (χ0n) is 10.5. The first-order valence-electron chi connectivity index (χ1n) is 5.86. The predicted octanol–water partition coefficient (Wildman–Crippen LogP) is 1.36. The van der Waals surface area contributed by atoms with Gasteiger partial charge in [-0.25, -0.2) is 4.52 Å². The Morgan fingerprint density at radius 1 is 1.14 bits per heavy atom. The summed E-state index contributed by atoms with van der Waals surface area (Å²) in [5.41, 5.74) is 12.5. The van der Waals surface area contributed by atoms with Gasteiger partial charge in [-0.15, -0.1) is 0 Å². The van der Waals surface area contributed by atoms with Crippen molar-refractivity contribution in [3.8, 4) is 11.1 Å². The highest BCUT2D eigenvalue weighted by Crippen LogP contribution is 2.27.